The number of hydrogen-bond acceptors (Lipinski definition) is 1. The molecule has 4 heteroatoms. The van der Waals surface area contributed by atoms with Crippen LogP contribution in [0.4, 0.5) is 0 Å². The van der Waals surface area contributed by atoms with Gasteiger partial charge in [-0.3, -0.25) is 0 Å². The molecule has 0 radical (unpaired) electrons. The van der Waals surface area contributed by atoms with Crippen molar-refractivity contribution < 1.29 is 0 Å². The predicted molar refractivity (Wildman–Crippen MR) is 38.2 cm³/mol. The molecule has 0 rings (SSSR count). The van der Waals surface area contributed by atoms with Crippen molar-refractivity contribution in [2.24, 2.45) is 0 Å². The topological polar surface area (TPSA) is 0 Å². The third kappa shape index (κ3) is 32.9. The van der Waals surface area contributed by atoms with E-state index in [0.29, 0.717) is 0 Å². The van der Waals surface area contributed by atoms with Crippen LogP contribution in [0.2, 0.25) is 0 Å². The Morgan fingerprint density at radius 2 is 1.60 bits per heavy atom. The molecule has 0 unspecified atom stereocenters. The van der Waals surface area contributed by atoms with Crippen LogP contribution in [-0.4, -0.2) is 6.66 Å². The standard InChI is InChI=1S/CH5PS3/c1-2(3,4)5/h1H3,(H2,3,4,5). The first-order valence-corrected chi connectivity index (χ1v) is 6.58. The molecular weight excluding hydrogens is 139 g/mol. The number of hydrogen-bond donors (Lipinski definition) is 2. The van der Waals surface area contributed by atoms with Crippen molar-refractivity contribution in [2.75, 3.05) is 6.66 Å². The van der Waals surface area contributed by atoms with Crippen molar-refractivity contribution in [2.45, 2.75) is 0 Å². The molecule has 0 aromatic heterocycles. The summed E-state index contributed by atoms with van der Waals surface area (Å²) in [4.78, 5) is 0. The van der Waals surface area contributed by atoms with E-state index in [-0.39, 0.29) is 0 Å². The molecule has 0 aromatic rings. The van der Waals surface area contributed by atoms with Crippen molar-refractivity contribution in [3.63, 3.8) is 0 Å². The summed E-state index contributed by atoms with van der Waals surface area (Å²) in [6.07, 6.45) is 0. The molecule has 0 fully saturated rings. The highest BCUT2D eigenvalue weighted by Gasteiger charge is 1.85. The zero-order chi connectivity index (χ0) is 4.50. The van der Waals surface area contributed by atoms with Gasteiger partial charge in [-0.1, -0.05) is 11.8 Å². The number of rotatable bonds is 0. The van der Waals surface area contributed by atoms with E-state index < -0.39 is 4.44 Å². The van der Waals surface area contributed by atoms with E-state index in [9.17, 15) is 0 Å². The zero-order valence-electron chi connectivity index (χ0n) is 2.75. The molecule has 0 nitrogen and oxygen atoms in total. The summed E-state index contributed by atoms with van der Waals surface area (Å²) in [7, 11) is 0. The fourth-order valence-corrected chi connectivity index (χ4v) is 0. The van der Waals surface area contributed by atoms with Crippen LogP contribution >= 0.6 is 28.9 Å². The van der Waals surface area contributed by atoms with Gasteiger partial charge in [0, 0.05) is 4.44 Å². The van der Waals surface area contributed by atoms with Crippen LogP contribution in [0.15, 0.2) is 0 Å². The van der Waals surface area contributed by atoms with Crippen molar-refractivity contribution in [3.05, 3.63) is 0 Å². The van der Waals surface area contributed by atoms with Gasteiger partial charge < -0.3 is 0 Å². The van der Waals surface area contributed by atoms with Gasteiger partial charge in [0.25, 0.3) is 0 Å². The molecule has 5 heavy (non-hydrogen) atoms. The van der Waals surface area contributed by atoms with Gasteiger partial charge in [0.1, 0.15) is 0 Å². The molecule has 0 spiro atoms. The first-order valence-electron chi connectivity index (χ1n) is 1.03. The quantitative estimate of drug-likeness (QED) is 0.386. The Hall–Kier alpha value is 1.35. The van der Waals surface area contributed by atoms with E-state index in [2.05, 4.69) is 36.3 Å². The molecule has 0 heterocycles. The van der Waals surface area contributed by atoms with E-state index >= 15 is 0 Å². The van der Waals surface area contributed by atoms with Crippen LogP contribution in [-0.2, 0) is 11.8 Å². The van der Waals surface area contributed by atoms with E-state index in [1.54, 1.807) is 0 Å². The van der Waals surface area contributed by atoms with Gasteiger partial charge in [-0.05, 0) is 6.66 Å². The minimum Gasteiger partial charge on any atom is -0.132 e. The Bertz CT molecular complexity index is 53.0. The maximum Gasteiger partial charge on any atom is 0.0484 e. The molecule has 0 saturated heterocycles. The summed E-state index contributed by atoms with van der Waals surface area (Å²) in [5.74, 6) is 0. The van der Waals surface area contributed by atoms with Crippen molar-refractivity contribution in [1.29, 1.82) is 0 Å². The maximum atomic E-state index is 4.67. The predicted octanol–water partition coefficient (Wildman–Crippen LogP) is 1.79. The van der Waals surface area contributed by atoms with Gasteiger partial charge in [-0.25, -0.2) is 0 Å². The lowest BCUT2D eigenvalue weighted by molar-refractivity contribution is 2.50. The van der Waals surface area contributed by atoms with E-state index in [0.717, 1.165) is 0 Å². The highest BCUT2D eigenvalue weighted by atomic mass is 33.2. The molecule has 32 valence electrons. The van der Waals surface area contributed by atoms with Crippen LogP contribution < -0.4 is 0 Å². The fraction of sp³-hybridized carbons (Fsp3) is 1.00. The average molecular weight is 144 g/mol. The lowest BCUT2D eigenvalue weighted by Gasteiger charge is -1.89. The van der Waals surface area contributed by atoms with Gasteiger partial charge in [-0.2, -0.15) is 0 Å². The summed E-state index contributed by atoms with van der Waals surface area (Å²) in [6, 6.07) is 0. The maximum absolute atomic E-state index is 4.67. The second-order valence-corrected chi connectivity index (χ2v) is 12.1. The van der Waals surface area contributed by atoms with Crippen LogP contribution in [0, 0.1) is 0 Å². The Morgan fingerprint density at radius 1 is 1.60 bits per heavy atom. The normalized spacial score (nSPS) is 11.8. The molecule has 0 aromatic carbocycles. The highest BCUT2D eigenvalue weighted by Crippen LogP contribution is 2.51. The summed E-state index contributed by atoms with van der Waals surface area (Å²) in [6.45, 7) is 1.84. The Kier molecular flexibility index (Phi) is 2.38. The monoisotopic (exact) mass is 144 g/mol. The van der Waals surface area contributed by atoms with Gasteiger partial charge in [0.15, 0.2) is 0 Å². The van der Waals surface area contributed by atoms with Gasteiger partial charge in [0.05, 0.1) is 0 Å². The smallest absolute Gasteiger partial charge is 0.0484 e. The molecule has 0 atom stereocenters. The molecule has 0 amide bonds. The third-order valence-corrected chi connectivity index (χ3v) is 0. The van der Waals surface area contributed by atoms with Gasteiger partial charge in [-0.15, -0.1) is 24.5 Å². The van der Waals surface area contributed by atoms with E-state index in [1.165, 1.54) is 0 Å². The van der Waals surface area contributed by atoms with E-state index in [1.807, 2.05) is 6.66 Å². The highest BCUT2D eigenvalue weighted by molar-refractivity contribution is 8.92. The first kappa shape index (κ1) is 6.35. The third-order valence-electron chi connectivity index (χ3n) is 0. The largest absolute Gasteiger partial charge is 0.132 e. The summed E-state index contributed by atoms with van der Waals surface area (Å²) in [5.41, 5.74) is 0. The van der Waals surface area contributed by atoms with Crippen LogP contribution in [0.25, 0.3) is 0 Å². The van der Waals surface area contributed by atoms with Crippen LogP contribution in [0.3, 0.4) is 0 Å². The summed E-state index contributed by atoms with van der Waals surface area (Å²) in [5, 5.41) is 0. The molecular formula is CH5PS3. The summed E-state index contributed by atoms with van der Waals surface area (Å²) < 4.78 is -1.42. The Morgan fingerprint density at radius 3 is 1.60 bits per heavy atom. The molecule has 0 aliphatic heterocycles. The summed E-state index contributed by atoms with van der Waals surface area (Å²) >= 11 is 12.5. The van der Waals surface area contributed by atoms with Crippen molar-refractivity contribution in [3.8, 4) is 0 Å². The van der Waals surface area contributed by atoms with Gasteiger partial charge >= 0.3 is 0 Å². The molecule has 0 aliphatic rings. The minimum atomic E-state index is -1.42. The second kappa shape index (κ2) is 1.87. The number of thiol groups is 2. The molecule has 0 N–H and O–H groups in total. The molecule has 0 saturated carbocycles. The van der Waals surface area contributed by atoms with Gasteiger partial charge in [0.2, 0.25) is 0 Å². The van der Waals surface area contributed by atoms with Crippen LogP contribution in [0.1, 0.15) is 0 Å². The Balaban J connectivity index is 3.47. The average Bonchev–Trinajstić information content (AvgIpc) is 0.722. The molecule has 0 bridgehead atoms. The first-order chi connectivity index (χ1) is 2.00. The zero-order valence-corrected chi connectivity index (χ0v) is 6.25. The lowest BCUT2D eigenvalue weighted by Crippen LogP contribution is -1.36. The van der Waals surface area contributed by atoms with Crippen molar-refractivity contribution in [1.82, 2.24) is 0 Å². The SMILES string of the molecule is CP(=S)(S)S. The van der Waals surface area contributed by atoms with Crippen molar-refractivity contribution >= 4 is 40.7 Å². The molecule has 0 aliphatic carbocycles. The second-order valence-electron chi connectivity index (χ2n) is 0.835. The lowest BCUT2D eigenvalue weighted by atomic mass is 12.0. The van der Waals surface area contributed by atoms with Crippen LogP contribution in [0.5, 0.6) is 0 Å². The minimum absolute atomic E-state index is 1.42. The fourth-order valence-electron chi connectivity index (χ4n) is 0. The van der Waals surface area contributed by atoms with E-state index in [4.69, 9.17) is 0 Å². The Labute approximate surface area is 47.7 Å².